The van der Waals surface area contributed by atoms with E-state index >= 15 is 0 Å². The van der Waals surface area contributed by atoms with E-state index in [1.165, 1.54) is 6.04 Å². The average Bonchev–Trinajstić information content (AvgIpc) is 1.83. The Hall–Kier alpha value is 0.137. The molecule has 0 fully saturated rings. The number of rotatable bonds is 5. The summed E-state index contributed by atoms with van der Waals surface area (Å²) in [5.41, 5.74) is 5.58. The summed E-state index contributed by atoms with van der Waals surface area (Å²) in [5.74, 6) is 0.602. The van der Waals surface area contributed by atoms with E-state index in [1.807, 2.05) is 0 Å². The lowest BCUT2D eigenvalue weighted by molar-refractivity contribution is 0.228. The van der Waals surface area contributed by atoms with Gasteiger partial charge >= 0.3 is 0 Å². The molecule has 0 bridgehead atoms. The van der Waals surface area contributed by atoms with Crippen molar-refractivity contribution in [3.63, 3.8) is 0 Å². The van der Waals surface area contributed by atoms with Crippen LogP contribution in [-0.2, 0) is 4.43 Å². The minimum Gasteiger partial charge on any atom is -0.415 e. The maximum atomic E-state index is 5.89. The summed E-state index contributed by atoms with van der Waals surface area (Å²) in [7, 11) is -1.43. The third-order valence-electron chi connectivity index (χ3n) is 1.80. The Kier molecular flexibility index (Phi) is 5.05. The molecule has 0 saturated carbocycles. The van der Waals surface area contributed by atoms with Gasteiger partial charge in [-0.05, 0) is 45.4 Å². The summed E-state index contributed by atoms with van der Waals surface area (Å²) in [6.45, 7) is 11.7. The van der Waals surface area contributed by atoms with Crippen LogP contribution >= 0.6 is 0 Å². The zero-order valence-electron chi connectivity index (χ0n) is 9.05. The number of nitrogens with two attached hydrogens (primary N) is 1. The minimum atomic E-state index is -1.43. The highest BCUT2D eigenvalue weighted by atomic mass is 28.4. The van der Waals surface area contributed by atoms with Crippen LogP contribution in [0.3, 0.4) is 0 Å². The molecular weight excluding hydrogens is 166 g/mol. The Morgan fingerprint density at radius 3 is 2.08 bits per heavy atom. The van der Waals surface area contributed by atoms with Gasteiger partial charge in [-0.15, -0.1) is 0 Å². The van der Waals surface area contributed by atoms with Crippen LogP contribution in [0.5, 0.6) is 0 Å². The molecule has 0 amide bonds. The Labute approximate surface area is 77.6 Å². The third-order valence-corrected chi connectivity index (χ3v) is 4.59. The Morgan fingerprint density at radius 2 is 1.75 bits per heavy atom. The van der Waals surface area contributed by atoms with E-state index in [9.17, 15) is 0 Å². The van der Waals surface area contributed by atoms with Gasteiger partial charge in [-0.25, -0.2) is 0 Å². The van der Waals surface area contributed by atoms with Crippen LogP contribution in [0.2, 0.25) is 19.1 Å². The van der Waals surface area contributed by atoms with Crippen molar-refractivity contribution < 1.29 is 4.43 Å². The van der Waals surface area contributed by atoms with Crippen molar-refractivity contribution in [1.82, 2.24) is 0 Å². The molecule has 0 radical (unpaired) electrons. The quantitative estimate of drug-likeness (QED) is 0.673. The molecule has 0 saturated heterocycles. The van der Waals surface area contributed by atoms with E-state index in [0.29, 0.717) is 12.0 Å². The van der Waals surface area contributed by atoms with Crippen molar-refractivity contribution in [3.8, 4) is 0 Å². The summed E-state index contributed by atoms with van der Waals surface area (Å²) in [5, 5.41) is 0. The van der Waals surface area contributed by atoms with Gasteiger partial charge in [-0.3, -0.25) is 0 Å². The first kappa shape index (κ1) is 12.1. The fraction of sp³-hybridized carbons (Fsp3) is 1.00. The first-order valence-corrected chi connectivity index (χ1v) is 7.87. The van der Waals surface area contributed by atoms with Crippen LogP contribution in [0.15, 0.2) is 0 Å². The molecule has 0 aromatic heterocycles. The van der Waals surface area contributed by atoms with Crippen molar-refractivity contribution >= 4 is 8.32 Å². The highest BCUT2D eigenvalue weighted by molar-refractivity contribution is 6.71. The smallest absolute Gasteiger partial charge is 0.187 e. The van der Waals surface area contributed by atoms with Crippen LogP contribution in [0.1, 0.15) is 20.8 Å². The Morgan fingerprint density at radius 1 is 1.25 bits per heavy atom. The first-order valence-electron chi connectivity index (χ1n) is 4.75. The second-order valence-corrected chi connectivity index (χ2v) is 8.63. The minimum absolute atomic E-state index is 0.358. The van der Waals surface area contributed by atoms with Gasteiger partial charge in [0, 0.05) is 6.10 Å². The predicted molar refractivity (Wildman–Crippen MR) is 56.7 cm³/mol. The molecule has 12 heavy (non-hydrogen) atoms. The highest BCUT2D eigenvalue weighted by Gasteiger charge is 2.25. The van der Waals surface area contributed by atoms with Crippen LogP contribution < -0.4 is 5.73 Å². The van der Waals surface area contributed by atoms with Crippen molar-refractivity contribution in [2.45, 2.75) is 46.0 Å². The molecule has 3 heteroatoms. The van der Waals surface area contributed by atoms with Gasteiger partial charge < -0.3 is 10.2 Å². The first-order chi connectivity index (χ1) is 5.37. The van der Waals surface area contributed by atoms with Crippen molar-refractivity contribution in [3.05, 3.63) is 0 Å². The summed E-state index contributed by atoms with van der Waals surface area (Å²) in [4.78, 5) is 0. The summed E-state index contributed by atoms with van der Waals surface area (Å²) < 4.78 is 5.89. The molecule has 0 heterocycles. The van der Waals surface area contributed by atoms with E-state index in [4.69, 9.17) is 10.2 Å². The number of hydrogen-bond donors (Lipinski definition) is 1. The SMILES string of the molecule is CC(CN)C[Si](C)(C)OC(C)C. The van der Waals surface area contributed by atoms with Gasteiger partial charge in [0.1, 0.15) is 0 Å². The largest absolute Gasteiger partial charge is 0.415 e. The van der Waals surface area contributed by atoms with E-state index in [0.717, 1.165) is 6.54 Å². The van der Waals surface area contributed by atoms with Gasteiger partial charge in [-0.1, -0.05) is 6.92 Å². The molecule has 2 nitrogen and oxygen atoms in total. The van der Waals surface area contributed by atoms with Crippen LogP contribution in [0.25, 0.3) is 0 Å². The second-order valence-electron chi connectivity index (χ2n) is 4.47. The normalized spacial score (nSPS) is 15.2. The van der Waals surface area contributed by atoms with Crippen molar-refractivity contribution in [2.75, 3.05) is 6.54 Å². The summed E-state index contributed by atoms with van der Waals surface area (Å²) in [6.07, 6.45) is 0.358. The van der Waals surface area contributed by atoms with Gasteiger partial charge in [0.15, 0.2) is 8.32 Å². The van der Waals surface area contributed by atoms with Gasteiger partial charge in [-0.2, -0.15) is 0 Å². The fourth-order valence-electron chi connectivity index (χ4n) is 1.61. The second kappa shape index (κ2) is 4.99. The molecule has 1 unspecified atom stereocenters. The topological polar surface area (TPSA) is 35.2 Å². The number of hydrogen-bond acceptors (Lipinski definition) is 2. The molecule has 0 aliphatic carbocycles. The highest BCUT2D eigenvalue weighted by Crippen LogP contribution is 2.18. The predicted octanol–water partition coefficient (Wildman–Crippen LogP) is 2.21. The van der Waals surface area contributed by atoms with E-state index < -0.39 is 8.32 Å². The molecule has 0 aliphatic rings. The van der Waals surface area contributed by atoms with Crippen molar-refractivity contribution in [1.29, 1.82) is 0 Å². The molecule has 0 rings (SSSR count). The van der Waals surface area contributed by atoms with Crippen LogP contribution in [-0.4, -0.2) is 21.0 Å². The third kappa shape index (κ3) is 5.74. The van der Waals surface area contributed by atoms with Crippen LogP contribution in [0.4, 0.5) is 0 Å². The lowest BCUT2D eigenvalue weighted by atomic mass is 10.2. The Balaban J connectivity index is 3.85. The Bertz CT molecular complexity index is 126. The van der Waals surface area contributed by atoms with Gasteiger partial charge in [0.25, 0.3) is 0 Å². The van der Waals surface area contributed by atoms with Gasteiger partial charge in [0.2, 0.25) is 0 Å². The standard InChI is InChI=1S/C9H23NOSi/c1-8(2)11-12(4,5)7-9(3)6-10/h8-9H,6-7,10H2,1-5H3. The van der Waals surface area contributed by atoms with Crippen molar-refractivity contribution in [2.24, 2.45) is 11.7 Å². The monoisotopic (exact) mass is 189 g/mol. The molecule has 0 aromatic carbocycles. The van der Waals surface area contributed by atoms with Crippen LogP contribution in [0, 0.1) is 5.92 Å². The molecule has 0 aliphatic heterocycles. The zero-order valence-corrected chi connectivity index (χ0v) is 10.1. The molecule has 1 atom stereocenters. The average molecular weight is 189 g/mol. The molecule has 74 valence electrons. The fourth-order valence-corrected chi connectivity index (χ4v) is 4.83. The molecule has 2 N–H and O–H groups in total. The zero-order chi connectivity index (χ0) is 9.78. The van der Waals surface area contributed by atoms with E-state index in [2.05, 4.69) is 33.9 Å². The van der Waals surface area contributed by atoms with E-state index in [1.54, 1.807) is 0 Å². The lowest BCUT2D eigenvalue weighted by Gasteiger charge is -2.27. The maximum Gasteiger partial charge on any atom is 0.187 e. The van der Waals surface area contributed by atoms with Gasteiger partial charge in [0.05, 0.1) is 0 Å². The lowest BCUT2D eigenvalue weighted by Crippen LogP contribution is -2.36. The molecule has 0 aromatic rings. The maximum absolute atomic E-state index is 5.89. The molecule has 0 spiro atoms. The summed E-state index contributed by atoms with van der Waals surface area (Å²) >= 11 is 0. The molecular formula is C9H23NOSi. The summed E-state index contributed by atoms with van der Waals surface area (Å²) in [6, 6.07) is 1.17. The van der Waals surface area contributed by atoms with E-state index in [-0.39, 0.29) is 0 Å².